The van der Waals surface area contributed by atoms with E-state index in [4.69, 9.17) is 23.2 Å². The molecule has 1 amide bonds. The third-order valence-corrected chi connectivity index (χ3v) is 6.56. The van der Waals surface area contributed by atoms with E-state index in [1.54, 1.807) is 30.7 Å². The minimum atomic E-state index is -3.06. The number of hydrogen-bond donors (Lipinski definition) is 1. The molecular weight excluding hydrogens is 399 g/mol. The molecule has 1 saturated heterocycles. The summed E-state index contributed by atoms with van der Waals surface area (Å²) in [6.07, 6.45) is 0.435. The topological polar surface area (TPSA) is 94.0 Å². The van der Waals surface area contributed by atoms with Gasteiger partial charge < -0.3 is 5.32 Å². The Balaban J connectivity index is 1.79. The van der Waals surface area contributed by atoms with Crippen molar-refractivity contribution in [2.75, 3.05) is 16.8 Å². The predicted molar refractivity (Wildman–Crippen MR) is 101 cm³/mol. The van der Waals surface area contributed by atoms with Crippen LogP contribution < -0.4 is 5.32 Å². The third kappa shape index (κ3) is 4.19. The van der Waals surface area contributed by atoms with Crippen LogP contribution in [0.4, 0.5) is 5.82 Å². The van der Waals surface area contributed by atoms with Crippen LogP contribution in [0.15, 0.2) is 12.1 Å². The third-order valence-electron chi connectivity index (χ3n) is 4.16. The lowest BCUT2D eigenvalue weighted by Crippen LogP contribution is -2.21. The van der Waals surface area contributed by atoms with E-state index in [2.05, 4.69) is 15.4 Å². The summed E-state index contributed by atoms with van der Waals surface area (Å²) in [5.74, 6) is 0.282. The quantitative estimate of drug-likeness (QED) is 0.773. The first-order valence-corrected chi connectivity index (χ1v) is 10.6. The molecule has 26 heavy (non-hydrogen) atoms. The van der Waals surface area contributed by atoms with Gasteiger partial charge in [-0.15, -0.1) is 0 Å². The van der Waals surface area contributed by atoms with Crippen molar-refractivity contribution in [3.63, 3.8) is 0 Å². The normalized spacial score (nSPS) is 18.8. The average Bonchev–Trinajstić information content (AvgIpc) is 3.05. The van der Waals surface area contributed by atoms with E-state index in [0.717, 1.165) is 0 Å². The van der Waals surface area contributed by atoms with Gasteiger partial charge in [-0.3, -0.25) is 4.79 Å². The molecule has 7 nitrogen and oxygen atoms in total. The fourth-order valence-electron chi connectivity index (χ4n) is 2.99. The predicted octanol–water partition coefficient (Wildman–Crippen LogP) is 2.74. The van der Waals surface area contributed by atoms with Crippen molar-refractivity contribution in [2.45, 2.75) is 32.7 Å². The van der Waals surface area contributed by atoms with Crippen molar-refractivity contribution in [3.05, 3.63) is 39.3 Å². The molecule has 1 N–H and O–H groups in total. The van der Waals surface area contributed by atoms with E-state index >= 15 is 0 Å². The second-order valence-corrected chi connectivity index (χ2v) is 9.41. The van der Waals surface area contributed by atoms with Gasteiger partial charge in [-0.05, 0) is 26.3 Å². The summed E-state index contributed by atoms with van der Waals surface area (Å²) in [5.41, 5.74) is 1.81. The SMILES string of the molecule is Cc1cc(Cl)c(CC(=O)Nc2cc(C)nn2[C@@H]2CCS(=O)(=O)C2)c(Cl)n1. The molecule has 2 aromatic heterocycles. The lowest BCUT2D eigenvalue weighted by atomic mass is 10.2. The first-order valence-electron chi connectivity index (χ1n) is 8.02. The number of anilines is 1. The molecule has 1 atom stereocenters. The van der Waals surface area contributed by atoms with Crippen molar-refractivity contribution in [1.29, 1.82) is 0 Å². The molecule has 0 aliphatic carbocycles. The van der Waals surface area contributed by atoms with Gasteiger partial charge in [0.25, 0.3) is 0 Å². The summed E-state index contributed by atoms with van der Waals surface area (Å²) in [6.45, 7) is 3.55. The van der Waals surface area contributed by atoms with Gasteiger partial charge in [0.1, 0.15) is 11.0 Å². The van der Waals surface area contributed by atoms with Gasteiger partial charge in [0.05, 0.1) is 29.7 Å². The van der Waals surface area contributed by atoms with Gasteiger partial charge >= 0.3 is 0 Å². The second kappa shape index (κ2) is 7.17. The summed E-state index contributed by atoms with van der Waals surface area (Å²) in [4.78, 5) is 16.6. The summed E-state index contributed by atoms with van der Waals surface area (Å²) in [6, 6.07) is 3.07. The molecule has 1 fully saturated rings. The van der Waals surface area contributed by atoms with Gasteiger partial charge in [-0.2, -0.15) is 5.10 Å². The first kappa shape index (κ1) is 19.1. The fourth-order valence-corrected chi connectivity index (χ4v) is 5.34. The number of halogens is 2. The highest BCUT2D eigenvalue weighted by molar-refractivity contribution is 7.91. The number of hydrogen-bond acceptors (Lipinski definition) is 5. The van der Waals surface area contributed by atoms with E-state index < -0.39 is 9.84 Å². The minimum absolute atomic E-state index is 0.0243. The van der Waals surface area contributed by atoms with Crippen LogP contribution in [0.5, 0.6) is 0 Å². The van der Waals surface area contributed by atoms with Crippen molar-refractivity contribution in [1.82, 2.24) is 14.8 Å². The largest absolute Gasteiger partial charge is 0.311 e. The molecule has 2 aromatic rings. The molecule has 3 rings (SSSR count). The van der Waals surface area contributed by atoms with Crippen molar-refractivity contribution >= 4 is 44.8 Å². The van der Waals surface area contributed by atoms with Crippen LogP contribution in [-0.4, -0.2) is 40.6 Å². The summed E-state index contributed by atoms with van der Waals surface area (Å²) in [5, 5.41) is 7.68. The Morgan fingerprint density at radius 3 is 2.65 bits per heavy atom. The van der Waals surface area contributed by atoms with Crippen LogP contribution >= 0.6 is 23.2 Å². The van der Waals surface area contributed by atoms with Gasteiger partial charge in [0, 0.05) is 22.3 Å². The zero-order valence-corrected chi connectivity index (χ0v) is 16.6. The zero-order chi connectivity index (χ0) is 19.1. The lowest BCUT2D eigenvalue weighted by Gasteiger charge is -2.14. The van der Waals surface area contributed by atoms with E-state index in [-0.39, 0.29) is 35.0 Å². The number of nitrogens with one attached hydrogen (secondary N) is 1. The Morgan fingerprint density at radius 2 is 2.04 bits per heavy atom. The Bertz CT molecular complexity index is 949. The molecule has 0 radical (unpaired) electrons. The number of rotatable bonds is 4. The number of aryl methyl sites for hydroxylation is 2. The highest BCUT2D eigenvalue weighted by Crippen LogP contribution is 2.28. The molecule has 140 valence electrons. The molecule has 0 saturated carbocycles. The molecule has 0 aromatic carbocycles. The highest BCUT2D eigenvalue weighted by atomic mass is 35.5. The van der Waals surface area contributed by atoms with E-state index in [1.807, 2.05) is 0 Å². The maximum atomic E-state index is 12.5. The number of sulfone groups is 1. The Hall–Kier alpha value is -1.64. The fraction of sp³-hybridized carbons (Fsp3) is 0.438. The maximum Gasteiger partial charge on any atom is 0.230 e. The van der Waals surface area contributed by atoms with E-state index in [9.17, 15) is 13.2 Å². The number of aromatic nitrogens is 3. The van der Waals surface area contributed by atoms with Crippen molar-refractivity contribution in [2.24, 2.45) is 0 Å². The first-order chi connectivity index (χ1) is 12.1. The zero-order valence-electron chi connectivity index (χ0n) is 14.3. The van der Waals surface area contributed by atoms with Gasteiger partial charge in [-0.1, -0.05) is 23.2 Å². The van der Waals surface area contributed by atoms with Gasteiger partial charge in [0.2, 0.25) is 5.91 Å². The summed E-state index contributed by atoms with van der Waals surface area (Å²) < 4.78 is 25.0. The Kier molecular flexibility index (Phi) is 5.28. The standard InChI is InChI=1S/C16H18Cl2N4O3S/c1-9-5-13(17)12(16(18)19-9)7-15(23)20-14-6-10(2)21-22(14)11-3-4-26(24,25)8-11/h5-6,11H,3-4,7-8H2,1-2H3,(H,20,23)/t11-/m1/s1. The summed E-state index contributed by atoms with van der Waals surface area (Å²) in [7, 11) is -3.06. The Morgan fingerprint density at radius 1 is 1.31 bits per heavy atom. The molecule has 10 heteroatoms. The van der Waals surface area contributed by atoms with Crippen LogP contribution in [-0.2, 0) is 21.1 Å². The monoisotopic (exact) mass is 416 g/mol. The molecule has 0 spiro atoms. The highest BCUT2D eigenvalue weighted by Gasteiger charge is 2.31. The minimum Gasteiger partial charge on any atom is -0.311 e. The van der Waals surface area contributed by atoms with Crippen molar-refractivity contribution in [3.8, 4) is 0 Å². The molecule has 0 bridgehead atoms. The lowest BCUT2D eigenvalue weighted by molar-refractivity contribution is -0.115. The van der Waals surface area contributed by atoms with Gasteiger partial charge in [0.15, 0.2) is 9.84 Å². The average molecular weight is 417 g/mol. The number of pyridine rings is 1. The molecule has 0 unspecified atom stereocenters. The van der Waals surface area contributed by atoms with E-state index in [1.165, 1.54) is 0 Å². The van der Waals surface area contributed by atoms with Crippen LogP contribution in [0.25, 0.3) is 0 Å². The van der Waals surface area contributed by atoms with Crippen LogP contribution in [0.3, 0.4) is 0 Å². The van der Waals surface area contributed by atoms with Crippen LogP contribution in [0, 0.1) is 13.8 Å². The summed E-state index contributed by atoms with van der Waals surface area (Å²) >= 11 is 12.3. The number of nitrogens with zero attached hydrogens (tertiary/aromatic N) is 3. The van der Waals surface area contributed by atoms with Crippen LogP contribution in [0.1, 0.15) is 29.4 Å². The second-order valence-electron chi connectivity index (χ2n) is 6.41. The smallest absolute Gasteiger partial charge is 0.230 e. The molecule has 1 aliphatic heterocycles. The maximum absolute atomic E-state index is 12.5. The molecule has 1 aliphatic rings. The Labute approximate surface area is 161 Å². The molecule has 3 heterocycles. The van der Waals surface area contributed by atoms with Crippen molar-refractivity contribution < 1.29 is 13.2 Å². The molecular formula is C16H18Cl2N4O3S. The number of carbonyl (C=O) groups excluding carboxylic acids is 1. The van der Waals surface area contributed by atoms with Gasteiger partial charge in [-0.25, -0.2) is 18.1 Å². The van der Waals surface area contributed by atoms with Crippen LogP contribution in [0.2, 0.25) is 10.2 Å². The number of amides is 1. The number of carbonyl (C=O) groups is 1. The van der Waals surface area contributed by atoms with E-state index in [0.29, 0.717) is 34.2 Å².